The van der Waals surface area contributed by atoms with E-state index in [0.717, 1.165) is 28.3 Å². The molecule has 0 saturated carbocycles. The largest absolute Gasteiger partial charge is 0.477 e. The maximum absolute atomic E-state index is 13.0. The minimum absolute atomic E-state index is 0.146. The molecule has 0 aliphatic rings. The monoisotopic (exact) mass is 524 g/mol. The van der Waals surface area contributed by atoms with Crippen molar-refractivity contribution in [3.8, 4) is 11.1 Å². The summed E-state index contributed by atoms with van der Waals surface area (Å²) < 4.78 is 25.2. The molecule has 0 bridgehead atoms. The van der Waals surface area contributed by atoms with E-state index in [2.05, 4.69) is 4.98 Å². The van der Waals surface area contributed by atoms with Crippen molar-refractivity contribution in [2.75, 3.05) is 6.26 Å². The molecule has 5 aromatic rings. The van der Waals surface area contributed by atoms with E-state index in [1.54, 1.807) is 12.1 Å². The van der Waals surface area contributed by atoms with E-state index in [0.29, 0.717) is 23.4 Å². The number of sulfone groups is 1. The highest BCUT2D eigenvalue weighted by molar-refractivity contribution is 7.90. The molecule has 0 spiro atoms. The Morgan fingerprint density at radius 1 is 0.947 bits per heavy atom. The van der Waals surface area contributed by atoms with Crippen molar-refractivity contribution in [1.82, 2.24) is 9.55 Å². The number of hydrogen-bond acceptors (Lipinski definition) is 4. The lowest BCUT2D eigenvalue weighted by atomic mass is 9.99. The van der Waals surface area contributed by atoms with Gasteiger partial charge in [-0.05, 0) is 59.7 Å². The van der Waals surface area contributed by atoms with Gasteiger partial charge >= 0.3 is 5.97 Å². The normalized spacial score (nSPS) is 11.8. The molecular weight excluding hydrogens is 500 g/mol. The number of para-hydroxylation sites is 1. The number of carboxylic acids is 1. The fraction of sp³-hybridized carbons (Fsp3) is 0.0667. The van der Waals surface area contributed by atoms with E-state index >= 15 is 0 Å². The summed E-state index contributed by atoms with van der Waals surface area (Å²) in [6.07, 6.45) is 6.79. The predicted molar refractivity (Wildman–Crippen MR) is 147 cm³/mol. The Labute approximate surface area is 219 Å². The fourth-order valence-corrected chi connectivity index (χ4v) is 5.11. The number of rotatable bonds is 8. The van der Waals surface area contributed by atoms with Crippen LogP contribution in [0.4, 0.5) is 0 Å². The van der Waals surface area contributed by atoms with Gasteiger partial charge < -0.3 is 14.7 Å². The molecule has 7 nitrogen and oxygen atoms in total. The second-order valence-electron chi connectivity index (χ2n) is 8.93. The Balaban J connectivity index is 1.37. The van der Waals surface area contributed by atoms with Gasteiger partial charge in [-0.1, -0.05) is 48.6 Å². The maximum atomic E-state index is 13.0. The van der Waals surface area contributed by atoms with Crippen molar-refractivity contribution in [3.05, 3.63) is 120 Å². The zero-order chi connectivity index (χ0) is 26.9. The molecule has 38 heavy (non-hydrogen) atoms. The Kier molecular flexibility index (Phi) is 6.57. The first-order valence-electron chi connectivity index (χ1n) is 11.8. The van der Waals surface area contributed by atoms with Crippen molar-refractivity contribution in [1.29, 1.82) is 0 Å². The number of carbonyl (C=O) groups excluding carboxylic acids is 1. The number of aromatic amines is 1. The van der Waals surface area contributed by atoms with Crippen molar-refractivity contribution in [3.63, 3.8) is 0 Å². The highest BCUT2D eigenvalue weighted by Gasteiger charge is 2.18. The Morgan fingerprint density at radius 3 is 2.45 bits per heavy atom. The van der Waals surface area contributed by atoms with Crippen LogP contribution in [0.5, 0.6) is 0 Å². The van der Waals surface area contributed by atoms with Gasteiger partial charge in [0.25, 0.3) is 0 Å². The van der Waals surface area contributed by atoms with Crippen LogP contribution >= 0.6 is 0 Å². The van der Waals surface area contributed by atoms with E-state index in [-0.39, 0.29) is 16.4 Å². The number of carboxylic acid groups (broad SMARTS) is 1. The minimum Gasteiger partial charge on any atom is -0.477 e. The summed E-state index contributed by atoms with van der Waals surface area (Å²) in [5.41, 5.74) is 4.12. The fourth-order valence-electron chi connectivity index (χ4n) is 4.48. The van der Waals surface area contributed by atoms with Gasteiger partial charge in [-0.2, -0.15) is 0 Å². The van der Waals surface area contributed by atoms with E-state index in [9.17, 15) is 23.1 Å². The average molecular weight is 525 g/mol. The minimum atomic E-state index is -3.34. The predicted octanol–water partition coefficient (Wildman–Crippen LogP) is 5.68. The van der Waals surface area contributed by atoms with Gasteiger partial charge in [-0.25, -0.2) is 13.2 Å². The first-order chi connectivity index (χ1) is 18.2. The molecule has 2 aromatic heterocycles. The van der Waals surface area contributed by atoms with E-state index in [1.165, 1.54) is 24.3 Å². The maximum Gasteiger partial charge on any atom is 0.352 e. The number of aromatic carboxylic acids is 1. The number of benzene rings is 3. The van der Waals surface area contributed by atoms with Gasteiger partial charge in [-0.3, -0.25) is 4.79 Å². The number of aromatic nitrogens is 2. The molecule has 5 rings (SSSR count). The third kappa shape index (κ3) is 4.94. The first kappa shape index (κ1) is 25.0. The molecule has 2 N–H and O–H groups in total. The first-order valence-corrected chi connectivity index (χ1v) is 13.7. The highest BCUT2D eigenvalue weighted by Crippen LogP contribution is 2.33. The van der Waals surface area contributed by atoms with Gasteiger partial charge in [0.2, 0.25) is 5.78 Å². The summed E-state index contributed by atoms with van der Waals surface area (Å²) in [6.45, 7) is 0.438. The number of allylic oxidation sites excluding steroid dienone is 1. The molecule has 0 aliphatic heterocycles. The van der Waals surface area contributed by atoms with Gasteiger partial charge in [-0.15, -0.1) is 0 Å². The van der Waals surface area contributed by atoms with Crippen LogP contribution in [0.15, 0.2) is 102 Å². The molecule has 0 amide bonds. The van der Waals surface area contributed by atoms with Crippen LogP contribution in [0, 0.1) is 0 Å². The van der Waals surface area contributed by atoms with E-state index < -0.39 is 15.8 Å². The Bertz CT molecular complexity index is 1810. The second-order valence-corrected chi connectivity index (χ2v) is 10.9. The summed E-state index contributed by atoms with van der Waals surface area (Å²) >= 11 is 0. The highest BCUT2D eigenvalue weighted by atomic mass is 32.2. The Hall–Kier alpha value is -4.69. The second kappa shape index (κ2) is 9.99. The third-order valence-corrected chi connectivity index (χ3v) is 7.44. The average Bonchev–Trinajstić information content (AvgIpc) is 3.53. The van der Waals surface area contributed by atoms with Crippen molar-refractivity contribution in [2.24, 2.45) is 0 Å². The Morgan fingerprint density at radius 2 is 1.71 bits per heavy atom. The summed E-state index contributed by atoms with van der Waals surface area (Å²) in [7, 11) is -3.34. The SMILES string of the molecule is CS(=O)(=O)c1ccc(C(=O)c2cccn2C/C=C/c2cccc(-c3c(C(=O)O)[nH]c4ccccc34)c2)cc1. The number of nitrogens with one attached hydrogen (secondary N) is 1. The topological polar surface area (TPSA) is 109 Å². The molecule has 0 saturated heterocycles. The standard InChI is InChI=1S/C30H24N2O5S/c1-38(36,37)23-15-13-21(14-16-23)29(33)26-12-6-18-32(26)17-5-8-20-7-4-9-22(19-20)27-24-10-2-3-11-25(24)31-28(27)30(34)35/h2-16,18-19,31H,17H2,1H3,(H,34,35)/b8-5+. The molecule has 0 unspecified atom stereocenters. The van der Waals surface area contributed by atoms with Gasteiger partial charge in [0.1, 0.15) is 5.69 Å². The van der Waals surface area contributed by atoms with Crippen LogP contribution in [0.2, 0.25) is 0 Å². The number of fused-ring (bicyclic) bond motifs is 1. The molecule has 8 heteroatoms. The summed E-state index contributed by atoms with van der Waals surface area (Å²) in [4.78, 5) is 28.1. The summed E-state index contributed by atoms with van der Waals surface area (Å²) in [6, 6.07) is 24.6. The lowest BCUT2D eigenvalue weighted by Gasteiger charge is -2.07. The van der Waals surface area contributed by atoms with Crippen molar-refractivity contribution >= 4 is 38.6 Å². The lowest BCUT2D eigenvalue weighted by molar-refractivity contribution is 0.0692. The van der Waals surface area contributed by atoms with Crippen LogP contribution < -0.4 is 0 Å². The number of carbonyl (C=O) groups is 2. The van der Waals surface area contributed by atoms with Gasteiger partial charge in [0, 0.05) is 41.0 Å². The summed E-state index contributed by atoms with van der Waals surface area (Å²) in [5, 5.41) is 10.6. The van der Waals surface area contributed by atoms with Gasteiger partial charge in [0.05, 0.1) is 10.6 Å². The molecule has 0 radical (unpaired) electrons. The van der Waals surface area contributed by atoms with Crippen molar-refractivity contribution < 1.29 is 23.1 Å². The molecule has 0 aliphatic carbocycles. The van der Waals surface area contributed by atoms with E-state index in [1.807, 2.05) is 71.4 Å². The number of H-pyrrole nitrogens is 1. The van der Waals surface area contributed by atoms with Crippen LogP contribution in [-0.4, -0.2) is 41.1 Å². The molecule has 0 fully saturated rings. The molecule has 3 aromatic carbocycles. The smallest absolute Gasteiger partial charge is 0.352 e. The quantitative estimate of drug-likeness (QED) is 0.254. The zero-order valence-electron chi connectivity index (χ0n) is 20.5. The van der Waals surface area contributed by atoms with Crippen LogP contribution in [-0.2, 0) is 16.4 Å². The summed E-state index contributed by atoms with van der Waals surface area (Å²) in [5.74, 6) is -1.22. The van der Waals surface area contributed by atoms with Crippen LogP contribution in [0.3, 0.4) is 0 Å². The van der Waals surface area contributed by atoms with E-state index in [4.69, 9.17) is 0 Å². The van der Waals surface area contributed by atoms with Crippen molar-refractivity contribution in [2.45, 2.75) is 11.4 Å². The number of ketones is 1. The molecule has 0 atom stereocenters. The number of hydrogen-bond donors (Lipinski definition) is 2. The third-order valence-electron chi connectivity index (χ3n) is 6.31. The van der Waals surface area contributed by atoms with Crippen LogP contribution in [0.1, 0.15) is 32.1 Å². The molecule has 2 heterocycles. The van der Waals surface area contributed by atoms with Crippen LogP contribution in [0.25, 0.3) is 28.1 Å². The molecular formula is C30H24N2O5S. The van der Waals surface area contributed by atoms with Gasteiger partial charge in [0.15, 0.2) is 9.84 Å². The number of nitrogens with zero attached hydrogens (tertiary/aromatic N) is 1. The zero-order valence-corrected chi connectivity index (χ0v) is 21.3. The lowest BCUT2D eigenvalue weighted by Crippen LogP contribution is -2.09. The molecule has 190 valence electrons.